The topological polar surface area (TPSA) is 98.3 Å². The van der Waals surface area contributed by atoms with E-state index in [-0.39, 0.29) is 16.8 Å². The van der Waals surface area contributed by atoms with Crippen LogP contribution in [-0.4, -0.2) is 42.1 Å². The minimum absolute atomic E-state index is 0.00240. The first-order valence-corrected chi connectivity index (χ1v) is 9.32. The van der Waals surface area contributed by atoms with Crippen LogP contribution in [-0.2, 0) is 10.0 Å². The predicted octanol–water partition coefficient (Wildman–Crippen LogP) is 1.32. The number of hydrogen-bond acceptors (Lipinski definition) is 4. The maximum absolute atomic E-state index is 12.7. The van der Waals surface area contributed by atoms with E-state index in [0.717, 1.165) is 18.4 Å². The lowest BCUT2D eigenvalue weighted by Crippen LogP contribution is -2.40. The molecule has 1 aliphatic heterocycles. The van der Waals surface area contributed by atoms with Gasteiger partial charge in [0, 0.05) is 24.8 Å². The lowest BCUT2D eigenvalue weighted by molar-refractivity contribution is 0.0673. The normalized spacial score (nSPS) is 18.6. The molecule has 1 fully saturated rings. The van der Waals surface area contributed by atoms with Gasteiger partial charge in [0.05, 0.1) is 17.1 Å². The molecule has 2 N–H and O–H groups in total. The van der Waals surface area contributed by atoms with Crippen molar-refractivity contribution in [2.75, 3.05) is 13.1 Å². The number of aromatic nitrogens is 2. The van der Waals surface area contributed by atoms with Crippen molar-refractivity contribution < 1.29 is 13.2 Å². The molecule has 1 aromatic heterocycles. The van der Waals surface area contributed by atoms with Crippen molar-refractivity contribution in [3.8, 4) is 0 Å². The first-order valence-electron chi connectivity index (χ1n) is 7.77. The second kappa shape index (κ2) is 6.37. The van der Waals surface area contributed by atoms with E-state index in [2.05, 4.69) is 5.10 Å². The Hall–Kier alpha value is -2.19. The van der Waals surface area contributed by atoms with E-state index >= 15 is 0 Å². The Balaban J connectivity index is 1.74. The molecule has 0 radical (unpaired) electrons. The highest BCUT2D eigenvalue weighted by Crippen LogP contribution is 2.23. The van der Waals surface area contributed by atoms with E-state index < -0.39 is 10.0 Å². The third kappa shape index (κ3) is 3.49. The van der Waals surface area contributed by atoms with Crippen molar-refractivity contribution in [2.45, 2.75) is 30.7 Å². The monoisotopic (exact) mass is 348 g/mol. The van der Waals surface area contributed by atoms with Crippen LogP contribution in [0.1, 0.15) is 34.8 Å². The van der Waals surface area contributed by atoms with Crippen molar-refractivity contribution >= 4 is 15.9 Å². The van der Waals surface area contributed by atoms with Gasteiger partial charge in [-0.2, -0.15) is 5.10 Å². The summed E-state index contributed by atoms with van der Waals surface area (Å²) in [6.45, 7) is 3.27. The number of hydrogen-bond donors (Lipinski definition) is 1. The molecule has 8 heteroatoms. The molecule has 128 valence electrons. The average molecular weight is 348 g/mol. The molecule has 1 saturated heterocycles. The summed E-state index contributed by atoms with van der Waals surface area (Å²) in [4.78, 5) is 14.4. The Kier molecular flexibility index (Phi) is 4.42. The molecular weight excluding hydrogens is 328 g/mol. The van der Waals surface area contributed by atoms with Crippen molar-refractivity contribution in [1.29, 1.82) is 0 Å². The molecule has 1 aliphatic rings. The summed E-state index contributed by atoms with van der Waals surface area (Å²) in [5, 5.41) is 9.42. The highest BCUT2D eigenvalue weighted by atomic mass is 32.2. The summed E-state index contributed by atoms with van der Waals surface area (Å²) in [7, 11) is -3.75. The number of amides is 1. The number of carbonyl (C=O) groups is 1. The highest BCUT2D eigenvalue weighted by Gasteiger charge is 2.26. The van der Waals surface area contributed by atoms with Crippen LogP contribution in [0.2, 0.25) is 0 Å². The number of piperidine rings is 1. The van der Waals surface area contributed by atoms with Gasteiger partial charge in [-0.3, -0.25) is 9.48 Å². The summed E-state index contributed by atoms with van der Waals surface area (Å²) < 4.78 is 24.5. The Morgan fingerprint density at radius 2 is 2.00 bits per heavy atom. The molecule has 0 saturated carbocycles. The number of carbonyl (C=O) groups excluding carboxylic acids is 1. The second-order valence-electron chi connectivity index (χ2n) is 6.11. The maximum atomic E-state index is 12.7. The van der Waals surface area contributed by atoms with Gasteiger partial charge in [0.1, 0.15) is 0 Å². The SMILES string of the molecule is Cc1cnn(C2CCCN(C(=O)c3ccc(S(N)(=O)=O)cc3)C2)c1. The lowest BCUT2D eigenvalue weighted by Gasteiger charge is -2.33. The number of nitrogens with zero attached hydrogens (tertiary/aromatic N) is 3. The van der Waals surface area contributed by atoms with Crippen LogP contribution in [0.25, 0.3) is 0 Å². The quantitative estimate of drug-likeness (QED) is 0.904. The number of benzene rings is 1. The molecule has 1 atom stereocenters. The molecule has 0 bridgehead atoms. The van der Waals surface area contributed by atoms with Gasteiger partial charge in [-0.1, -0.05) is 0 Å². The average Bonchev–Trinajstić information content (AvgIpc) is 3.00. The lowest BCUT2D eigenvalue weighted by atomic mass is 10.0. The maximum Gasteiger partial charge on any atom is 0.253 e. The van der Waals surface area contributed by atoms with E-state index in [1.54, 1.807) is 4.90 Å². The predicted molar refractivity (Wildman–Crippen MR) is 89.0 cm³/mol. The summed E-state index contributed by atoms with van der Waals surface area (Å²) in [6, 6.07) is 5.90. The minimum Gasteiger partial charge on any atom is -0.337 e. The summed E-state index contributed by atoms with van der Waals surface area (Å²) in [5.74, 6) is -0.107. The first-order chi connectivity index (χ1) is 11.3. The van der Waals surface area contributed by atoms with Crippen molar-refractivity contribution in [2.24, 2.45) is 5.14 Å². The van der Waals surface area contributed by atoms with Crippen molar-refractivity contribution in [1.82, 2.24) is 14.7 Å². The summed E-state index contributed by atoms with van der Waals surface area (Å²) in [6.07, 6.45) is 5.69. The Morgan fingerprint density at radius 1 is 1.29 bits per heavy atom. The van der Waals surface area contributed by atoms with Gasteiger partial charge in [0.2, 0.25) is 10.0 Å². The van der Waals surface area contributed by atoms with Crippen LogP contribution < -0.4 is 5.14 Å². The summed E-state index contributed by atoms with van der Waals surface area (Å²) in [5.41, 5.74) is 1.55. The number of sulfonamides is 1. The number of primary sulfonamides is 1. The van der Waals surface area contributed by atoms with Crippen molar-refractivity contribution in [3.63, 3.8) is 0 Å². The van der Waals surface area contributed by atoms with Gasteiger partial charge < -0.3 is 4.90 Å². The molecule has 0 spiro atoms. The van der Waals surface area contributed by atoms with E-state index in [1.165, 1.54) is 24.3 Å². The Bertz CT molecular complexity index is 842. The van der Waals surface area contributed by atoms with Gasteiger partial charge in [0.25, 0.3) is 5.91 Å². The van der Waals surface area contributed by atoms with Gasteiger partial charge in [-0.25, -0.2) is 13.6 Å². The van der Waals surface area contributed by atoms with Gasteiger partial charge in [-0.15, -0.1) is 0 Å². The largest absolute Gasteiger partial charge is 0.337 e. The second-order valence-corrected chi connectivity index (χ2v) is 7.68. The van der Waals surface area contributed by atoms with Crippen LogP contribution in [0.3, 0.4) is 0 Å². The van der Waals surface area contributed by atoms with Crippen LogP contribution in [0, 0.1) is 6.92 Å². The van der Waals surface area contributed by atoms with Crippen LogP contribution in [0.4, 0.5) is 0 Å². The van der Waals surface area contributed by atoms with Gasteiger partial charge in [-0.05, 0) is 49.6 Å². The molecule has 2 heterocycles. The van der Waals surface area contributed by atoms with E-state index in [1.807, 2.05) is 24.0 Å². The van der Waals surface area contributed by atoms with Crippen LogP contribution >= 0.6 is 0 Å². The fourth-order valence-electron chi connectivity index (χ4n) is 2.96. The van der Waals surface area contributed by atoms with Crippen LogP contribution in [0.15, 0.2) is 41.6 Å². The van der Waals surface area contributed by atoms with Crippen LogP contribution in [0.5, 0.6) is 0 Å². The number of aryl methyl sites for hydroxylation is 1. The Labute approximate surface area is 141 Å². The zero-order valence-corrected chi connectivity index (χ0v) is 14.2. The molecular formula is C16H20N4O3S. The smallest absolute Gasteiger partial charge is 0.253 e. The fraction of sp³-hybridized carbons (Fsp3) is 0.375. The molecule has 7 nitrogen and oxygen atoms in total. The zero-order valence-electron chi connectivity index (χ0n) is 13.4. The molecule has 1 amide bonds. The van der Waals surface area contributed by atoms with E-state index in [9.17, 15) is 13.2 Å². The number of likely N-dealkylation sites (tertiary alicyclic amines) is 1. The molecule has 3 rings (SSSR count). The third-order valence-electron chi connectivity index (χ3n) is 4.22. The minimum atomic E-state index is -3.75. The van der Waals surface area contributed by atoms with Gasteiger partial charge >= 0.3 is 0 Å². The molecule has 1 unspecified atom stereocenters. The highest BCUT2D eigenvalue weighted by molar-refractivity contribution is 7.89. The van der Waals surface area contributed by atoms with Gasteiger partial charge in [0.15, 0.2) is 0 Å². The molecule has 1 aromatic carbocycles. The Morgan fingerprint density at radius 3 is 2.58 bits per heavy atom. The molecule has 2 aromatic rings. The molecule has 0 aliphatic carbocycles. The van der Waals surface area contributed by atoms with Crippen molar-refractivity contribution in [3.05, 3.63) is 47.8 Å². The zero-order chi connectivity index (χ0) is 17.3. The first kappa shape index (κ1) is 16.7. The fourth-order valence-corrected chi connectivity index (χ4v) is 3.47. The summed E-state index contributed by atoms with van der Waals surface area (Å²) >= 11 is 0. The van der Waals surface area contributed by atoms with E-state index in [0.29, 0.717) is 18.7 Å². The standard InChI is InChI=1S/C16H20N4O3S/c1-12-9-18-20(10-12)14-3-2-8-19(11-14)16(21)13-4-6-15(7-5-13)24(17,22)23/h4-7,9-10,14H,2-3,8,11H2,1H3,(H2,17,22,23). The molecule has 24 heavy (non-hydrogen) atoms. The number of nitrogens with two attached hydrogens (primary N) is 1. The van der Waals surface area contributed by atoms with E-state index in [4.69, 9.17) is 5.14 Å². The third-order valence-corrected chi connectivity index (χ3v) is 5.15. The number of rotatable bonds is 3.